The number of hydrogen-bond donors (Lipinski definition) is 2. The summed E-state index contributed by atoms with van der Waals surface area (Å²) in [6, 6.07) is 6.38. The zero-order valence-corrected chi connectivity index (χ0v) is 13.9. The topological polar surface area (TPSA) is 112 Å². The van der Waals surface area contributed by atoms with E-state index < -0.39 is 17.9 Å². The Morgan fingerprint density at radius 1 is 1.33 bits per heavy atom. The van der Waals surface area contributed by atoms with Gasteiger partial charge < -0.3 is 15.8 Å². The predicted molar refractivity (Wildman–Crippen MR) is 88.5 cm³/mol. The van der Waals surface area contributed by atoms with Crippen molar-refractivity contribution in [3.63, 3.8) is 0 Å². The van der Waals surface area contributed by atoms with Crippen LogP contribution in [0.1, 0.15) is 30.8 Å². The number of para-hydroxylation sites is 2. The zero-order valence-electron chi connectivity index (χ0n) is 13.9. The van der Waals surface area contributed by atoms with Gasteiger partial charge in [-0.25, -0.2) is 9.48 Å². The summed E-state index contributed by atoms with van der Waals surface area (Å²) in [6.45, 7) is 3.91. The second kappa shape index (κ2) is 7.58. The summed E-state index contributed by atoms with van der Waals surface area (Å²) >= 11 is 0. The molecule has 0 aliphatic heterocycles. The number of nitrogens with one attached hydrogen (secondary N) is 1. The number of anilines is 1. The number of methoxy groups -OCH3 is 1. The lowest BCUT2D eigenvalue weighted by Gasteiger charge is -2.17. The number of nitrogens with two attached hydrogens (primary N) is 1. The Morgan fingerprint density at radius 3 is 2.67 bits per heavy atom. The predicted octanol–water partition coefficient (Wildman–Crippen LogP) is 1.17. The van der Waals surface area contributed by atoms with E-state index in [-0.39, 0.29) is 11.6 Å². The monoisotopic (exact) mass is 331 g/mol. The normalized spacial score (nSPS) is 12.0. The molecule has 0 unspecified atom stereocenters. The van der Waals surface area contributed by atoms with Crippen LogP contribution in [0.4, 0.5) is 5.69 Å². The highest BCUT2D eigenvalue weighted by molar-refractivity contribution is 5.95. The highest BCUT2D eigenvalue weighted by Gasteiger charge is 2.24. The maximum Gasteiger partial charge on any atom is 0.328 e. The van der Waals surface area contributed by atoms with E-state index in [4.69, 9.17) is 10.5 Å². The van der Waals surface area contributed by atoms with Crippen LogP contribution >= 0.6 is 0 Å². The minimum absolute atomic E-state index is 0.0934. The third kappa shape index (κ3) is 4.09. The van der Waals surface area contributed by atoms with Crippen molar-refractivity contribution in [3.8, 4) is 5.69 Å². The molecule has 1 aromatic carbocycles. The Hall–Kier alpha value is -2.90. The van der Waals surface area contributed by atoms with E-state index in [1.807, 2.05) is 19.9 Å². The molecule has 3 N–H and O–H groups in total. The first-order valence-corrected chi connectivity index (χ1v) is 7.58. The Kier molecular flexibility index (Phi) is 5.51. The van der Waals surface area contributed by atoms with Gasteiger partial charge in [0, 0.05) is 0 Å². The van der Waals surface area contributed by atoms with Gasteiger partial charge in [0.25, 0.3) is 5.91 Å². The molecule has 0 aliphatic rings. The number of aromatic nitrogens is 3. The van der Waals surface area contributed by atoms with Gasteiger partial charge in [-0.05, 0) is 24.5 Å². The number of nitrogen functional groups attached to an aromatic ring is 1. The smallest absolute Gasteiger partial charge is 0.328 e. The largest absolute Gasteiger partial charge is 0.467 e. The lowest BCUT2D eigenvalue weighted by atomic mass is 10.0. The van der Waals surface area contributed by atoms with Crippen molar-refractivity contribution < 1.29 is 14.3 Å². The molecular formula is C16H21N5O3. The van der Waals surface area contributed by atoms with Gasteiger partial charge in [0.2, 0.25) is 0 Å². The standard InChI is InChI=1S/C16H21N5O3/c1-10(2)8-12(16(23)24-3)18-15(22)13-9-21(20-19-13)14-7-5-4-6-11(14)17/h4-7,9-10,12H,8,17H2,1-3H3,(H,18,22)/t12-/m0/s1. The lowest BCUT2D eigenvalue weighted by molar-refractivity contribution is -0.143. The molecule has 1 heterocycles. The highest BCUT2D eigenvalue weighted by atomic mass is 16.5. The second-order valence-corrected chi connectivity index (χ2v) is 5.79. The first-order valence-electron chi connectivity index (χ1n) is 7.58. The number of carbonyl (C=O) groups is 2. The molecule has 2 aromatic rings. The van der Waals surface area contributed by atoms with Crippen molar-refractivity contribution in [1.82, 2.24) is 20.3 Å². The van der Waals surface area contributed by atoms with Crippen LogP contribution in [-0.2, 0) is 9.53 Å². The van der Waals surface area contributed by atoms with Crippen molar-refractivity contribution in [2.24, 2.45) is 5.92 Å². The average molecular weight is 331 g/mol. The van der Waals surface area contributed by atoms with Crippen LogP contribution in [0.2, 0.25) is 0 Å². The van der Waals surface area contributed by atoms with Crippen LogP contribution in [0, 0.1) is 5.92 Å². The van der Waals surface area contributed by atoms with Crippen molar-refractivity contribution in [3.05, 3.63) is 36.2 Å². The number of amides is 1. The zero-order chi connectivity index (χ0) is 17.7. The van der Waals surface area contributed by atoms with E-state index in [1.54, 1.807) is 18.2 Å². The number of carbonyl (C=O) groups excluding carboxylic acids is 2. The molecule has 0 spiro atoms. The van der Waals surface area contributed by atoms with Crippen molar-refractivity contribution in [1.29, 1.82) is 0 Å². The van der Waals surface area contributed by atoms with E-state index in [1.165, 1.54) is 18.0 Å². The fourth-order valence-electron chi connectivity index (χ4n) is 2.24. The SMILES string of the molecule is COC(=O)[C@H](CC(C)C)NC(=O)c1cn(-c2ccccc2N)nn1. The average Bonchev–Trinajstić information content (AvgIpc) is 3.03. The third-order valence-corrected chi connectivity index (χ3v) is 3.41. The molecule has 1 amide bonds. The molecule has 2 rings (SSSR count). The summed E-state index contributed by atoms with van der Waals surface area (Å²) in [5, 5.41) is 10.4. The highest BCUT2D eigenvalue weighted by Crippen LogP contribution is 2.15. The van der Waals surface area contributed by atoms with Crippen molar-refractivity contribution in [2.75, 3.05) is 12.8 Å². The molecule has 0 fully saturated rings. The maximum absolute atomic E-state index is 12.3. The summed E-state index contributed by atoms with van der Waals surface area (Å²) < 4.78 is 6.15. The van der Waals surface area contributed by atoms with Crippen molar-refractivity contribution in [2.45, 2.75) is 26.3 Å². The lowest BCUT2D eigenvalue weighted by Crippen LogP contribution is -2.42. The van der Waals surface area contributed by atoms with Gasteiger partial charge >= 0.3 is 5.97 Å². The van der Waals surface area contributed by atoms with Crippen LogP contribution < -0.4 is 11.1 Å². The molecule has 0 radical (unpaired) electrons. The maximum atomic E-state index is 12.3. The summed E-state index contributed by atoms with van der Waals surface area (Å²) in [5.41, 5.74) is 7.11. The number of esters is 1. The number of hydrogen-bond acceptors (Lipinski definition) is 6. The summed E-state index contributed by atoms with van der Waals surface area (Å²) in [6.07, 6.45) is 1.93. The number of ether oxygens (including phenoxy) is 1. The van der Waals surface area contributed by atoms with Gasteiger partial charge in [0.05, 0.1) is 24.7 Å². The van der Waals surface area contributed by atoms with Crippen LogP contribution in [0.5, 0.6) is 0 Å². The molecule has 1 aromatic heterocycles. The van der Waals surface area contributed by atoms with E-state index in [9.17, 15) is 9.59 Å². The Morgan fingerprint density at radius 2 is 2.04 bits per heavy atom. The summed E-state index contributed by atoms with van der Waals surface area (Å²) in [7, 11) is 1.29. The third-order valence-electron chi connectivity index (χ3n) is 3.41. The van der Waals surface area contributed by atoms with Gasteiger partial charge in [0.1, 0.15) is 6.04 Å². The molecule has 8 nitrogen and oxygen atoms in total. The van der Waals surface area contributed by atoms with Gasteiger partial charge in [0.15, 0.2) is 5.69 Å². The van der Waals surface area contributed by atoms with Gasteiger partial charge in [-0.3, -0.25) is 4.79 Å². The van der Waals surface area contributed by atoms with Crippen LogP contribution in [0.25, 0.3) is 5.69 Å². The Balaban J connectivity index is 2.15. The summed E-state index contributed by atoms with van der Waals surface area (Å²) in [5.74, 6) is -0.766. The van der Waals surface area contributed by atoms with Crippen molar-refractivity contribution >= 4 is 17.6 Å². The first kappa shape index (κ1) is 17.5. The fourth-order valence-corrected chi connectivity index (χ4v) is 2.24. The van der Waals surface area contributed by atoms with Crippen LogP contribution in [0.3, 0.4) is 0 Å². The first-order chi connectivity index (χ1) is 11.4. The van der Waals surface area contributed by atoms with Gasteiger partial charge in [-0.15, -0.1) is 5.10 Å². The molecule has 0 aliphatic carbocycles. The molecule has 0 saturated heterocycles. The van der Waals surface area contributed by atoms with E-state index in [2.05, 4.69) is 15.6 Å². The van der Waals surface area contributed by atoms with E-state index in [0.717, 1.165) is 0 Å². The van der Waals surface area contributed by atoms with Gasteiger partial charge in [-0.2, -0.15) is 0 Å². The molecule has 0 bridgehead atoms. The molecule has 8 heteroatoms. The second-order valence-electron chi connectivity index (χ2n) is 5.79. The summed E-state index contributed by atoms with van der Waals surface area (Å²) in [4.78, 5) is 24.1. The van der Waals surface area contributed by atoms with Gasteiger partial charge in [-0.1, -0.05) is 31.2 Å². The Bertz CT molecular complexity index is 726. The molecule has 0 saturated carbocycles. The molecule has 24 heavy (non-hydrogen) atoms. The number of benzene rings is 1. The molecule has 128 valence electrons. The Labute approximate surface area is 140 Å². The molecule has 1 atom stereocenters. The quantitative estimate of drug-likeness (QED) is 0.607. The number of nitrogens with zero attached hydrogens (tertiary/aromatic N) is 3. The molecular weight excluding hydrogens is 310 g/mol. The van der Waals surface area contributed by atoms with Crippen LogP contribution in [0.15, 0.2) is 30.5 Å². The number of rotatable bonds is 6. The van der Waals surface area contributed by atoms with Crippen LogP contribution in [-0.4, -0.2) is 40.0 Å². The fraction of sp³-hybridized carbons (Fsp3) is 0.375. The minimum atomic E-state index is -0.727. The van der Waals surface area contributed by atoms with E-state index in [0.29, 0.717) is 17.8 Å². The minimum Gasteiger partial charge on any atom is -0.467 e. The van der Waals surface area contributed by atoms with E-state index >= 15 is 0 Å².